The Kier molecular flexibility index (Phi) is 2.07. The van der Waals surface area contributed by atoms with Crippen LogP contribution in [0.15, 0.2) is 41.0 Å². The van der Waals surface area contributed by atoms with Crippen LogP contribution in [-0.2, 0) is 4.79 Å². The first kappa shape index (κ1) is 8.56. The maximum atomic E-state index is 10.3. The number of hydrogen-bond acceptors (Lipinski definition) is 2. The van der Waals surface area contributed by atoms with Crippen LogP contribution in [0.2, 0.25) is 0 Å². The number of aliphatic carboxylic acids is 1. The van der Waals surface area contributed by atoms with Crippen LogP contribution in [0.5, 0.6) is 0 Å². The minimum Gasteiger partial charge on any atom is -0.478 e. The molecule has 1 aromatic heterocycles. The Morgan fingerprint density at radius 2 is 2.21 bits per heavy atom. The number of furan rings is 1. The van der Waals surface area contributed by atoms with Crippen LogP contribution in [0, 0.1) is 0 Å². The molecule has 0 spiro atoms. The number of benzene rings is 1. The van der Waals surface area contributed by atoms with Gasteiger partial charge in [0, 0.05) is 17.0 Å². The van der Waals surface area contributed by atoms with E-state index in [0.717, 1.165) is 17.0 Å². The van der Waals surface area contributed by atoms with E-state index >= 15 is 0 Å². The van der Waals surface area contributed by atoms with Crippen molar-refractivity contribution in [1.82, 2.24) is 0 Å². The van der Waals surface area contributed by atoms with E-state index in [-0.39, 0.29) is 0 Å². The lowest BCUT2D eigenvalue weighted by Crippen LogP contribution is -1.85. The molecule has 0 aliphatic carbocycles. The van der Waals surface area contributed by atoms with Crippen LogP contribution in [0.3, 0.4) is 0 Å². The van der Waals surface area contributed by atoms with Gasteiger partial charge in [-0.15, -0.1) is 0 Å². The Hall–Kier alpha value is -2.03. The highest BCUT2D eigenvalue weighted by Crippen LogP contribution is 2.20. The molecule has 0 aliphatic heterocycles. The zero-order valence-corrected chi connectivity index (χ0v) is 7.31. The molecule has 2 rings (SSSR count). The van der Waals surface area contributed by atoms with Gasteiger partial charge in [0.05, 0.1) is 6.26 Å². The number of carboxylic acids is 1. The molecule has 0 saturated carbocycles. The standard InChI is InChI=1S/C11H8O3/c12-10(13)5-4-8-2-1-3-9-6-7-14-11(8)9/h1-7H,(H,12,13)/b5-4+. The summed E-state index contributed by atoms with van der Waals surface area (Å²) in [5, 5.41) is 9.45. The molecule has 0 atom stereocenters. The van der Waals surface area contributed by atoms with Gasteiger partial charge in [-0.25, -0.2) is 4.79 Å². The average molecular weight is 188 g/mol. The van der Waals surface area contributed by atoms with Gasteiger partial charge < -0.3 is 9.52 Å². The molecule has 1 heterocycles. The fourth-order valence-corrected chi connectivity index (χ4v) is 1.31. The van der Waals surface area contributed by atoms with Crippen molar-refractivity contribution in [2.45, 2.75) is 0 Å². The smallest absolute Gasteiger partial charge is 0.328 e. The van der Waals surface area contributed by atoms with Crippen molar-refractivity contribution in [3.8, 4) is 0 Å². The highest BCUT2D eigenvalue weighted by Gasteiger charge is 2.00. The second-order valence-corrected chi connectivity index (χ2v) is 2.86. The summed E-state index contributed by atoms with van der Waals surface area (Å²) < 4.78 is 5.24. The average Bonchev–Trinajstić information content (AvgIpc) is 2.62. The van der Waals surface area contributed by atoms with Crippen LogP contribution in [0.1, 0.15) is 5.56 Å². The third-order valence-corrected chi connectivity index (χ3v) is 1.91. The molecule has 0 amide bonds. The van der Waals surface area contributed by atoms with Gasteiger partial charge >= 0.3 is 5.97 Å². The molecule has 3 nitrogen and oxygen atoms in total. The molecule has 1 aromatic carbocycles. The van der Waals surface area contributed by atoms with Crippen molar-refractivity contribution < 1.29 is 14.3 Å². The van der Waals surface area contributed by atoms with Crippen LogP contribution in [-0.4, -0.2) is 11.1 Å². The van der Waals surface area contributed by atoms with E-state index in [1.54, 1.807) is 6.26 Å². The number of hydrogen-bond donors (Lipinski definition) is 1. The lowest BCUT2D eigenvalue weighted by Gasteiger charge is -1.93. The van der Waals surface area contributed by atoms with Gasteiger partial charge in [-0.1, -0.05) is 18.2 Å². The Balaban J connectivity index is 2.51. The zero-order valence-electron chi connectivity index (χ0n) is 7.31. The van der Waals surface area contributed by atoms with Gasteiger partial charge in [0.15, 0.2) is 0 Å². The first-order chi connectivity index (χ1) is 6.77. The Morgan fingerprint density at radius 3 is 3.00 bits per heavy atom. The minimum atomic E-state index is -0.964. The predicted molar refractivity (Wildman–Crippen MR) is 52.9 cm³/mol. The van der Waals surface area contributed by atoms with E-state index in [9.17, 15) is 4.79 Å². The van der Waals surface area contributed by atoms with Gasteiger partial charge in [0.1, 0.15) is 5.58 Å². The number of carbonyl (C=O) groups is 1. The van der Waals surface area contributed by atoms with Gasteiger partial charge in [0.25, 0.3) is 0 Å². The summed E-state index contributed by atoms with van der Waals surface area (Å²) in [4.78, 5) is 10.3. The van der Waals surface area contributed by atoms with E-state index < -0.39 is 5.97 Å². The number of para-hydroxylation sites is 1. The number of rotatable bonds is 2. The van der Waals surface area contributed by atoms with Crippen LogP contribution in [0.25, 0.3) is 17.0 Å². The summed E-state index contributed by atoms with van der Waals surface area (Å²) >= 11 is 0. The molecule has 1 N–H and O–H groups in total. The third-order valence-electron chi connectivity index (χ3n) is 1.91. The molecular weight excluding hydrogens is 180 g/mol. The first-order valence-corrected chi connectivity index (χ1v) is 4.14. The van der Waals surface area contributed by atoms with Gasteiger partial charge in [-0.05, 0) is 12.1 Å². The molecule has 2 aromatic rings. The summed E-state index contributed by atoms with van der Waals surface area (Å²) in [6.07, 6.45) is 4.20. The van der Waals surface area contributed by atoms with Crippen LogP contribution in [0.4, 0.5) is 0 Å². The second-order valence-electron chi connectivity index (χ2n) is 2.86. The quantitative estimate of drug-likeness (QED) is 0.736. The lowest BCUT2D eigenvalue weighted by atomic mass is 10.1. The number of fused-ring (bicyclic) bond motifs is 1. The Morgan fingerprint density at radius 1 is 1.36 bits per heavy atom. The predicted octanol–water partition coefficient (Wildman–Crippen LogP) is 2.53. The SMILES string of the molecule is O=C(O)/C=C/c1cccc2ccoc12. The van der Waals surface area contributed by atoms with Crippen LogP contribution < -0.4 is 0 Å². The lowest BCUT2D eigenvalue weighted by molar-refractivity contribution is -0.131. The monoisotopic (exact) mass is 188 g/mol. The summed E-state index contributed by atoms with van der Waals surface area (Å²) in [6, 6.07) is 7.43. The largest absolute Gasteiger partial charge is 0.478 e. The van der Waals surface area contributed by atoms with E-state index in [0.29, 0.717) is 5.58 Å². The van der Waals surface area contributed by atoms with Gasteiger partial charge in [-0.2, -0.15) is 0 Å². The molecule has 3 heteroatoms. The molecule has 70 valence electrons. The summed E-state index contributed by atoms with van der Waals surface area (Å²) in [5.41, 5.74) is 1.49. The number of carboxylic acid groups (broad SMARTS) is 1. The highest BCUT2D eigenvalue weighted by molar-refractivity contribution is 5.91. The zero-order chi connectivity index (χ0) is 9.97. The van der Waals surface area contributed by atoms with Crippen molar-refractivity contribution in [3.63, 3.8) is 0 Å². The molecule has 0 unspecified atom stereocenters. The minimum absolute atomic E-state index is 0.713. The topological polar surface area (TPSA) is 50.4 Å². The first-order valence-electron chi connectivity index (χ1n) is 4.14. The normalized spacial score (nSPS) is 11.1. The molecule has 0 radical (unpaired) electrons. The van der Waals surface area contributed by atoms with Crippen molar-refractivity contribution in [2.75, 3.05) is 0 Å². The summed E-state index contributed by atoms with van der Waals surface area (Å²) in [7, 11) is 0. The van der Waals surface area contributed by atoms with E-state index in [4.69, 9.17) is 9.52 Å². The molecule has 0 bridgehead atoms. The van der Waals surface area contributed by atoms with Crippen molar-refractivity contribution in [3.05, 3.63) is 42.2 Å². The van der Waals surface area contributed by atoms with Crippen molar-refractivity contribution in [1.29, 1.82) is 0 Å². The summed E-state index contributed by atoms with van der Waals surface area (Å²) in [6.45, 7) is 0. The molecule has 0 saturated heterocycles. The van der Waals surface area contributed by atoms with Crippen molar-refractivity contribution >= 4 is 23.0 Å². The van der Waals surface area contributed by atoms with Crippen LogP contribution >= 0.6 is 0 Å². The second kappa shape index (κ2) is 3.38. The molecule has 0 fully saturated rings. The summed E-state index contributed by atoms with van der Waals surface area (Å²) in [5.74, 6) is -0.964. The van der Waals surface area contributed by atoms with Gasteiger partial charge in [0.2, 0.25) is 0 Å². The fourth-order valence-electron chi connectivity index (χ4n) is 1.31. The fraction of sp³-hybridized carbons (Fsp3) is 0. The highest BCUT2D eigenvalue weighted by atomic mass is 16.4. The third kappa shape index (κ3) is 1.52. The Bertz CT molecular complexity index is 494. The van der Waals surface area contributed by atoms with E-state index in [1.165, 1.54) is 6.08 Å². The molecule has 14 heavy (non-hydrogen) atoms. The van der Waals surface area contributed by atoms with E-state index in [2.05, 4.69) is 0 Å². The van der Waals surface area contributed by atoms with Crippen molar-refractivity contribution in [2.24, 2.45) is 0 Å². The maximum absolute atomic E-state index is 10.3. The van der Waals surface area contributed by atoms with E-state index in [1.807, 2.05) is 24.3 Å². The maximum Gasteiger partial charge on any atom is 0.328 e. The molecule has 0 aliphatic rings. The Labute approximate surface area is 80.3 Å². The molecular formula is C11H8O3. The van der Waals surface area contributed by atoms with Gasteiger partial charge in [-0.3, -0.25) is 0 Å².